The Labute approximate surface area is 146 Å². The molecule has 24 heavy (non-hydrogen) atoms. The number of rotatable bonds is 6. The van der Waals surface area contributed by atoms with Gasteiger partial charge in [-0.25, -0.2) is 4.79 Å². The molecule has 7 nitrogen and oxygen atoms in total. The van der Waals surface area contributed by atoms with Gasteiger partial charge in [0.25, 0.3) is 0 Å². The van der Waals surface area contributed by atoms with Crippen LogP contribution in [-0.4, -0.2) is 91.8 Å². The van der Waals surface area contributed by atoms with Crippen molar-refractivity contribution in [3.8, 4) is 0 Å². The lowest BCUT2D eigenvalue weighted by molar-refractivity contribution is 0.0914. The fraction of sp³-hybridized carbons (Fsp3) is 0.882. The predicted octanol–water partition coefficient (Wildman–Crippen LogP) is 1.21. The molecule has 0 radical (unpaired) electrons. The SMILES string of the molecule is CCOC(=O)N1CCN(C(=NC)NCCN(C(C)C)C2CC2)CC1. The second-order valence-electron chi connectivity index (χ2n) is 6.71. The van der Waals surface area contributed by atoms with E-state index in [0.717, 1.165) is 38.2 Å². The normalized spacial score (nSPS) is 19.2. The highest BCUT2D eigenvalue weighted by Gasteiger charge is 2.30. The Morgan fingerprint density at radius 2 is 1.88 bits per heavy atom. The summed E-state index contributed by atoms with van der Waals surface area (Å²) in [6.45, 7) is 11.7. The molecule has 0 aromatic rings. The van der Waals surface area contributed by atoms with Crippen molar-refractivity contribution in [1.82, 2.24) is 20.0 Å². The van der Waals surface area contributed by atoms with Gasteiger partial charge in [-0.05, 0) is 33.6 Å². The molecule has 1 N–H and O–H groups in total. The monoisotopic (exact) mass is 339 g/mol. The molecule has 2 fully saturated rings. The summed E-state index contributed by atoms with van der Waals surface area (Å²) >= 11 is 0. The molecule has 1 heterocycles. The molecule has 1 aliphatic carbocycles. The molecule has 0 aromatic carbocycles. The Balaban J connectivity index is 1.73. The van der Waals surface area contributed by atoms with E-state index >= 15 is 0 Å². The number of aliphatic imine (C=N–C) groups is 1. The van der Waals surface area contributed by atoms with E-state index in [1.165, 1.54) is 12.8 Å². The van der Waals surface area contributed by atoms with Gasteiger partial charge in [-0.2, -0.15) is 0 Å². The van der Waals surface area contributed by atoms with E-state index in [-0.39, 0.29) is 6.09 Å². The van der Waals surface area contributed by atoms with Crippen molar-refractivity contribution in [2.24, 2.45) is 4.99 Å². The number of carbonyl (C=O) groups is 1. The minimum atomic E-state index is -0.211. The minimum Gasteiger partial charge on any atom is -0.450 e. The lowest BCUT2D eigenvalue weighted by Crippen LogP contribution is -2.54. The average molecular weight is 339 g/mol. The summed E-state index contributed by atoms with van der Waals surface area (Å²) in [7, 11) is 1.82. The van der Waals surface area contributed by atoms with Gasteiger partial charge in [-0.1, -0.05) is 0 Å². The second kappa shape index (κ2) is 9.11. The zero-order chi connectivity index (χ0) is 17.5. The molecule has 138 valence electrons. The first-order valence-corrected chi connectivity index (χ1v) is 9.19. The first kappa shape index (κ1) is 18.8. The van der Waals surface area contributed by atoms with E-state index in [4.69, 9.17) is 4.74 Å². The first-order valence-electron chi connectivity index (χ1n) is 9.19. The van der Waals surface area contributed by atoms with E-state index in [1.54, 1.807) is 4.90 Å². The van der Waals surface area contributed by atoms with Gasteiger partial charge in [0.15, 0.2) is 5.96 Å². The Kier molecular flexibility index (Phi) is 7.15. The molecule has 0 unspecified atom stereocenters. The van der Waals surface area contributed by atoms with Crippen molar-refractivity contribution < 1.29 is 9.53 Å². The predicted molar refractivity (Wildman–Crippen MR) is 96.4 cm³/mol. The van der Waals surface area contributed by atoms with E-state index < -0.39 is 0 Å². The molecular weight excluding hydrogens is 306 g/mol. The lowest BCUT2D eigenvalue weighted by Gasteiger charge is -2.36. The summed E-state index contributed by atoms with van der Waals surface area (Å²) in [5, 5.41) is 3.48. The van der Waals surface area contributed by atoms with Gasteiger partial charge < -0.3 is 19.9 Å². The fourth-order valence-electron chi connectivity index (χ4n) is 3.21. The first-order chi connectivity index (χ1) is 11.6. The van der Waals surface area contributed by atoms with Gasteiger partial charge in [0.05, 0.1) is 6.61 Å². The number of nitrogens with one attached hydrogen (secondary N) is 1. The van der Waals surface area contributed by atoms with Crippen molar-refractivity contribution in [2.75, 3.05) is 52.9 Å². The quantitative estimate of drug-likeness (QED) is 0.582. The van der Waals surface area contributed by atoms with E-state index in [9.17, 15) is 4.79 Å². The number of hydrogen-bond acceptors (Lipinski definition) is 4. The van der Waals surface area contributed by atoms with Crippen LogP contribution in [-0.2, 0) is 4.74 Å². The lowest BCUT2D eigenvalue weighted by atomic mass is 10.3. The van der Waals surface area contributed by atoms with Crippen molar-refractivity contribution >= 4 is 12.1 Å². The second-order valence-corrected chi connectivity index (χ2v) is 6.71. The number of hydrogen-bond donors (Lipinski definition) is 1. The van der Waals surface area contributed by atoms with Crippen LogP contribution in [0.15, 0.2) is 4.99 Å². The Morgan fingerprint density at radius 1 is 1.25 bits per heavy atom. The van der Waals surface area contributed by atoms with Crippen LogP contribution >= 0.6 is 0 Å². The minimum absolute atomic E-state index is 0.211. The summed E-state index contributed by atoms with van der Waals surface area (Å²) in [6, 6.07) is 1.37. The summed E-state index contributed by atoms with van der Waals surface area (Å²) < 4.78 is 5.06. The van der Waals surface area contributed by atoms with Gasteiger partial charge in [-0.15, -0.1) is 0 Å². The largest absolute Gasteiger partial charge is 0.450 e. The summed E-state index contributed by atoms with van der Waals surface area (Å²) in [5.74, 6) is 0.929. The van der Waals surface area contributed by atoms with Gasteiger partial charge in [-0.3, -0.25) is 9.89 Å². The van der Waals surface area contributed by atoms with Crippen LogP contribution in [0.1, 0.15) is 33.6 Å². The van der Waals surface area contributed by atoms with Crippen LogP contribution < -0.4 is 5.32 Å². The maximum absolute atomic E-state index is 11.8. The van der Waals surface area contributed by atoms with Gasteiger partial charge >= 0.3 is 6.09 Å². The van der Waals surface area contributed by atoms with E-state index in [0.29, 0.717) is 25.7 Å². The molecule has 1 saturated carbocycles. The molecule has 1 aliphatic heterocycles. The molecule has 0 aromatic heterocycles. The molecule has 1 saturated heterocycles. The Morgan fingerprint density at radius 3 is 2.38 bits per heavy atom. The topological polar surface area (TPSA) is 60.4 Å². The van der Waals surface area contributed by atoms with Gasteiger partial charge in [0.1, 0.15) is 0 Å². The van der Waals surface area contributed by atoms with Crippen molar-refractivity contribution in [3.05, 3.63) is 0 Å². The van der Waals surface area contributed by atoms with Crippen LogP contribution in [0.4, 0.5) is 4.79 Å². The molecule has 2 aliphatic rings. The van der Waals surface area contributed by atoms with Crippen molar-refractivity contribution in [3.63, 3.8) is 0 Å². The smallest absolute Gasteiger partial charge is 0.409 e. The number of amides is 1. The van der Waals surface area contributed by atoms with Crippen LogP contribution in [0.25, 0.3) is 0 Å². The Hall–Kier alpha value is -1.50. The number of guanidine groups is 1. The van der Waals surface area contributed by atoms with Crippen LogP contribution in [0, 0.1) is 0 Å². The summed E-state index contributed by atoms with van der Waals surface area (Å²) in [6.07, 6.45) is 2.46. The van der Waals surface area contributed by atoms with Gasteiger partial charge in [0.2, 0.25) is 0 Å². The third-order valence-electron chi connectivity index (χ3n) is 4.65. The van der Waals surface area contributed by atoms with Crippen LogP contribution in [0.3, 0.4) is 0 Å². The summed E-state index contributed by atoms with van der Waals surface area (Å²) in [5.41, 5.74) is 0. The zero-order valence-electron chi connectivity index (χ0n) is 15.6. The highest BCUT2D eigenvalue weighted by atomic mass is 16.6. The van der Waals surface area contributed by atoms with Crippen LogP contribution in [0.5, 0.6) is 0 Å². The maximum atomic E-state index is 11.8. The molecule has 7 heteroatoms. The molecule has 0 bridgehead atoms. The standard InChI is InChI=1S/C17H33N5O2/c1-5-24-17(23)21-12-10-20(11-13-21)16(18-4)19-8-9-22(14(2)3)15-6-7-15/h14-15H,5-13H2,1-4H3,(H,18,19). The Bertz CT molecular complexity index is 427. The van der Waals surface area contributed by atoms with Crippen LogP contribution in [0.2, 0.25) is 0 Å². The number of piperazine rings is 1. The van der Waals surface area contributed by atoms with Crippen molar-refractivity contribution in [2.45, 2.75) is 45.7 Å². The summed E-state index contributed by atoms with van der Waals surface area (Å²) in [4.78, 5) is 22.7. The molecular formula is C17H33N5O2. The molecule has 0 atom stereocenters. The third kappa shape index (κ3) is 5.26. The molecule has 1 amide bonds. The number of ether oxygens (including phenoxy) is 1. The maximum Gasteiger partial charge on any atom is 0.409 e. The van der Waals surface area contributed by atoms with E-state index in [2.05, 4.69) is 34.0 Å². The van der Waals surface area contributed by atoms with E-state index in [1.807, 2.05) is 14.0 Å². The van der Waals surface area contributed by atoms with Crippen molar-refractivity contribution in [1.29, 1.82) is 0 Å². The number of nitrogens with zero attached hydrogens (tertiary/aromatic N) is 4. The highest BCUT2D eigenvalue weighted by molar-refractivity contribution is 5.80. The molecule has 0 spiro atoms. The fourth-order valence-corrected chi connectivity index (χ4v) is 3.21. The number of carbonyl (C=O) groups excluding carboxylic acids is 1. The molecule has 2 rings (SSSR count). The zero-order valence-corrected chi connectivity index (χ0v) is 15.6. The van der Waals surface area contributed by atoms with Gasteiger partial charge in [0, 0.05) is 58.4 Å². The third-order valence-corrected chi connectivity index (χ3v) is 4.65. The highest BCUT2D eigenvalue weighted by Crippen LogP contribution is 2.27. The average Bonchev–Trinajstić information content (AvgIpc) is 3.40.